The highest BCUT2D eigenvalue weighted by Gasteiger charge is 2.46. The highest BCUT2D eigenvalue weighted by molar-refractivity contribution is 6.77. The molecule has 0 fully saturated rings. The smallest absolute Gasteiger partial charge is 0.201 e. The third kappa shape index (κ3) is 3.39. The fourth-order valence-corrected chi connectivity index (χ4v) is 8.89. The van der Waals surface area contributed by atoms with Crippen LogP contribution in [0.3, 0.4) is 0 Å². The summed E-state index contributed by atoms with van der Waals surface area (Å²) in [6, 6.07) is 9.82. The molecule has 20 heavy (non-hydrogen) atoms. The average Bonchev–Trinajstić information content (AvgIpc) is 2.39. The maximum absolute atomic E-state index is 11.5. The van der Waals surface area contributed by atoms with E-state index >= 15 is 0 Å². The highest BCUT2D eigenvalue weighted by atomic mass is 28.4. The predicted molar refractivity (Wildman–Crippen MR) is 87.4 cm³/mol. The van der Waals surface area contributed by atoms with Crippen LogP contribution in [0, 0.1) is 0 Å². The van der Waals surface area contributed by atoms with Gasteiger partial charge in [0.25, 0.3) is 0 Å². The first kappa shape index (κ1) is 17.1. The lowest BCUT2D eigenvalue weighted by molar-refractivity contribution is -0.114. The molecule has 0 aliphatic heterocycles. The molecule has 0 amide bonds. The number of benzene rings is 1. The van der Waals surface area contributed by atoms with Crippen LogP contribution in [0.5, 0.6) is 0 Å². The maximum atomic E-state index is 11.5. The SMILES string of the molecule is CC(C)[Si](OC(C=O)c1ccccc1)(C(C)C)C(C)C. The zero-order valence-corrected chi connectivity index (χ0v) is 14.6. The van der Waals surface area contributed by atoms with E-state index in [9.17, 15) is 4.79 Å². The normalized spacial score (nSPS) is 14.1. The molecule has 0 radical (unpaired) electrons. The third-order valence-corrected chi connectivity index (χ3v) is 10.4. The second kappa shape index (κ2) is 7.18. The molecular weight excluding hydrogens is 264 g/mol. The van der Waals surface area contributed by atoms with Crippen LogP contribution in [0.4, 0.5) is 0 Å². The molecule has 1 rings (SSSR count). The number of rotatable bonds is 7. The molecule has 0 saturated heterocycles. The van der Waals surface area contributed by atoms with Gasteiger partial charge in [0.05, 0.1) is 0 Å². The molecule has 0 bridgehead atoms. The first-order valence-electron chi connectivity index (χ1n) is 7.54. The van der Waals surface area contributed by atoms with E-state index in [4.69, 9.17) is 4.43 Å². The molecule has 1 aromatic rings. The van der Waals surface area contributed by atoms with Crippen LogP contribution in [0.25, 0.3) is 0 Å². The zero-order valence-electron chi connectivity index (χ0n) is 13.6. The van der Waals surface area contributed by atoms with Crippen LogP contribution in [-0.2, 0) is 9.22 Å². The van der Waals surface area contributed by atoms with Crippen molar-refractivity contribution in [1.29, 1.82) is 0 Å². The first-order chi connectivity index (χ1) is 9.36. The Kier molecular flexibility index (Phi) is 6.15. The Balaban J connectivity index is 3.14. The van der Waals surface area contributed by atoms with Gasteiger partial charge in [-0.3, -0.25) is 0 Å². The quantitative estimate of drug-likeness (QED) is 0.515. The third-order valence-electron chi connectivity index (χ3n) is 4.29. The molecule has 0 aromatic heterocycles. The molecule has 1 aromatic carbocycles. The van der Waals surface area contributed by atoms with Gasteiger partial charge in [-0.1, -0.05) is 71.9 Å². The fourth-order valence-electron chi connectivity index (χ4n) is 3.45. The first-order valence-corrected chi connectivity index (χ1v) is 9.68. The Bertz CT molecular complexity index is 390. The minimum absolute atomic E-state index is 0.435. The molecule has 0 heterocycles. The molecule has 1 atom stereocenters. The van der Waals surface area contributed by atoms with Crippen molar-refractivity contribution < 1.29 is 9.22 Å². The number of hydrogen-bond donors (Lipinski definition) is 0. The number of aldehydes is 1. The van der Waals surface area contributed by atoms with E-state index in [0.29, 0.717) is 16.6 Å². The van der Waals surface area contributed by atoms with Crippen LogP contribution >= 0.6 is 0 Å². The second-order valence-corrected chi connectivity index (χ2v) is 11.8. The molecular formula is C17H28O2Si. The van der Waals surface area contributed by atoms with E-state index in [-0.39, 0.29) is 0 Å². The summed E-state index contributed by atoms with van der Waals surface area (Å²) < 4.78 is 6.53. The number of hydrogen-bond acceptors (Lipinski definition) is 2. The van der Waals surface area contributed by atoms with Crippen molar-refractivity contribution in [3.8, 4) is 0 Å². The van der Waals surface area contributed by atoms with Crippen molar-refractivity contribution in [3.63, 3.8) is 0 Å². The van der Waals surface area contributed by atoms with E-state index in [1.165, 1.54) is 0 Å². The minimum Gasteiger partial charge on any atom is -0.402 e. The van der Waals surface area contributed by atoms with Crippen molar-refractivity contribution in [3.05, 3.63) is 35.9 Å². The van der Waals surface area contributed by atoms with Gasteiger partial charge < -0.3 is 9.22 Å². The maximum Gasteiger partial charge on any atom is 0.201 e. The van der Waals surface area contributed by atoms with Gasteiger partial charge >= 0.3 is 0 Å². The van der Waals surface area contributed by atoms with Gasteiger partial charge in [-0.25, -0.2) is 0 Å². The van der Waals surface area contributed by atoms with E-state index in [1.54, 1.807) is 0 Å². The zero-order chi connectivity index (χ0) is 15.3. The van der Waals surface area contributed by atoms with Crippen LogP contribution in [-0.4, -0.2) is 14.6 Å². The fraction of sp³-hybridized carbons (Fsp3) is 0.588. The van der Waals surface area contributed by atoms with E-state index in [0.717, 1.165) is 11.8 Å². The van der Waals surface area contributed by atoms with Crippen LogP contribution in [0.15, 0.2) is 30.3 Å². The number of carbonyl (C=O) groups excluding carboxylic acids is 1. The lowest BCUT2D eigenvalue weighted by Crippen LogP contribution is -2.48. The van der Waals surface area contributed by atoms with Crippen molar-refractivity contribution in [2.75, 3.05) is 0 Å². The van der Waals surface area contributed by atoms with Crippen LogP contribution in [0.2, 0.25) is 16.6 Å². The molecule has 0 aliphatic rings. The van der Waals surface area contributed by atoms with Gasteiger partial charge in [0.2, 0.25) is 8.32 Å². The second-order valence-electron chi connectivity index (χ2n) is 6.40. The van der Waals surface area contributed by atoms with Gasteiger partial charge in [-0.2, -0.15) is 0 Å². The van der Waals surface area contributed by atoms with Gasteiger partial charge in [-0.05, 0) is 22.2 Å². The Labute approximate surface area is 124 Å². The molecule has 0 spiro atoms. The van der Waals surface area contributed by atoms with Gasteiger partial charge in [0, 0.05) is 0 Å². The predicted octanol–water partition coefficient (Wildman–Crippen LogP) is 5.12. The van der Waals surface area contributed by atoms with E-state index in [2.05, 4.69) is 41.5 Å². The highest BCUT2D eigenvalue weighted by Crippen LogP contribution is 2.44. The van der Waals surface area contributed by atoms with Crippen LogP contribution in [0.1, 0.15) is 53.2 Å². The summed E-state index contributed by atoms with van der Waals surface area (Å²) in [7, 11) is -2.03. The van der Waals surface area contributed by atoms with Crippen molar-refractivity contribution >= 4 is 14.6 Å². The van der Waals surface area contributed by atoms with E-state index < -0.39 is 14.4 Å². The summed E-state index contributed by atoms with van der Waals surface area (Å²) in [5, 5.41) is 0. The van der Waals surface area contributed by atoms with Crippen molar-refractivity contribution in [2.45, 2.75) is 64.3 Å². The Morgan fingerprint density at radius 1 is 0.900 bits per heavy atom. The largest absolute Gasteiger partial charge is 0.402 e. The Hall–Kier alpha value is -0.933. The average molecular weight is 292 g/mol. The Morgan fingerprint density at radius 2 is 1.35 bits per heavy atom. The molecule has 1 unspecified atom stereocenters. The van der Waals surface area contributed by atoms with Crippen molar-refractivity contribution in [2.24, 2.45) is 0 Å². The summed E-state index contributed by atoms with van der Waals surface area (Å²) in [6.07, 6.45) is 0.514. The summed E-state index contributed by atoms with van der Waals surface area (Å²) >= 11 is 0. The Morgan fingerprint density at radius 3 is 1.70 bits per heavy atom. The summed E-state index contributed by atoms with van der Waals surface area (Å²) in [6.45, 7) is 13.4. The molecule has 112 valence electrons. The van der Waals surface area contributed by atoms with Gasteiger partial charge in [0.1, 0.15) is 6.10 Å². The molecule has 3 heteroatoms. The van der Waals surface area contributed by atoms with Gasteiger partial charge in [-0.15, -0.1) is 0 Å². The van der Waals surface area contributed by atoms with Crippen LogP contribution < -0.4 is 0 Å². The standard InChI is InChI=1S/C17H28O2Si/c1-13(2)20(14(3)4,15(5)6)19-17(12-18)16-10-8-7-9-11-16/h7-15,17H,1-6H3. The molecule has 0 N–H and O–H groups in total. The lowest BCUT2D eigenvalue weighted by atomic mass is 10.1. The monoisotopic (exact) mass is 292 g/mol. The summed E-state index contributed by atoms with van der Waals surface area (Å²) in [5.41, 5.74) is 2.40. The summed E-state index contributed by atoms with van der Waals surface area (Å²) in [5.74, 6) is 0. The minimum atomic E-state index is -2.03. The number of carbonyl (C=O) groups is 1. The van der Waals surface area contributed by atoms with E-state index in [1.807, 2.05) is 30.3 Å². The molecule has 0 saturated carbocycles. The van der Waals surface area contributed by atoms with Crippen molar-refractivity contribution in [1.82, 2.24) is 0 Å². The lowest BCUT2D eigenvalue weighted by Gasteiger charge is -2.43. The molecule has 2 nitrogen and oxygen atoms in total. The topological polar surface area (TPSA) is 26.3 Å². The molecule has 0 aliphatic carbocycles. The summed E-state index contributed by atoms with van der Waals surface area (Å²) in [4.78, 5) is 11.5. The van der Waals surface area contributed by atoms with Gasteiger partial charge in [0.15, 0.2) is 6.29 Å².